The first-order valence-corrected chi connectivity index (χ1v) is 8.77. The smallest absolute Gasteiger partial charge is 0.274 e. The third-order valence-electron chi connectivity index (χ3n) is 4.23. The maximum absolute atomic E-state index is 11.8. The lowest BCUT2D eigenvalue weighted by Crippen LogP contribution is -2.21. The predicted octanol–water partition coefficient (Wildman–Crippen LogP) is 3.74. The molecule has 0 atom stereocenters. The monoisotopic (exact) mass is 373 g/mol. The number of carbonyl (C=O) groups is 1. The lowest BCUT2D eigenvalue weighted by atomic mass is 10.1. The van der Waals surface area contributed by atoms with Crippen LogP contribution in [0.3, 0.4) is 0 Å². The number of nitrogens with one attached hydrogen (secondary N) is 2. The summed E-state index contributed by atoms with van der Waals surface area (Å²) in [5.41, 5.74) is 7.16. The highest BCUT2D eigenvalue weighted by Crippen LogP contribution is 2.25. The van der Waals surface area contributed by atoms with Gasteiger partial charge in [-0.05, 0) is 31.2 Å². The number of nitrogens with zero attached hydrogens (tertiary/aromatic N) is 3. The molecule has 28 heavy (non-hydrogen) atoms. The van der Waals surface area contributed by atoms with Gasteiger partial charge in [-0.1, -0.05) is 30.3 Å². The predicted molar refractivity (Wildman–Crippen MR) is 107 cm³/mol. The van der Waals surface area contributed by atoms with Crippen LogP contribution < -0.4 is 10.8 Å². The topological polar surface area (TPSA) is 80.5 Å². The Morgan fingerprint density at radius 3 is 2.50 bits per heavy atom. The Morgan fingerprint density at radius 2 is 1.79 bits per heavy atom. The summed E-state index contributed by atoms with van der Waals surface area (Å²) in [5.74, 6) is 0.487. The summed E-state index contributed by atoms with van der Waals surface area (Å²) in [5, 5.41) is 7.89. The molecule has 1 amide bonds. The number of hydroxylamine groups is 1. The molecule has 7 nitrogen and oxygen atoms in total. The van der Waals surface area contributed by atoms with Gasteiger partial charge in [-0.2, -0.15) is 9.61 Å². The molecule has 2 aromatic carbocycles. The number of fused-ring (bicyclic) bond motifs is 1. The minimum absolute atomic E-state index is 0.297. The molecule has 0 unspecified atom stereocenters. The number of benzene rings is 2. The summed E-state index contributed by atoms with van der Waals surface area (Å²) in [6.45, 7) is 1.93. The molecular formula is C21H19N5O2. The third-order valence-corrected chi connectivity index (χ3v) is 4.23. The van der Waals surface area contributed by atoms with Crippen molar-refractivity contribution in [3.63, 3.8) is 0 Å². The summed E-state index contributed by atoms with van der Waals surface area (Å²) in [4.78, 5) is 21.2. The van der Waals surface area contributed by atoms with Gasteiger partial charge >= 0.3 is 0 Å². The first-order valence-electron chi connectivity index (χ1n) is 8.77. The molecule has 7 heteroatoms. The molecule has 0 radical (unpaired) electrons. The Labute approximate surface area is 161 Å². The summed E-state index contributed by atoms with van der Waals surface area (Å²) >= 11 is 0. The Hall–Kier alpha value is -3.71. The van der Waals surface area contributed by atoms with Gasteiger partial charge in [0.15, 0.2) is 5.65 Å². The van der Waals surface area contributed by atoms with E-state index in [2.05, 4.69) is 20.7 Å². The summed E-state index contributed by atoms with van der Waals surface area (Å²) < 4.78 is 1.77. The van der Waals surface area contributed by atoms with Crippen molar-refractivity contribution in [2.45, 2.75) is 6.92 Å². The maximum atomic E-state index is 11.8. The van der Waals surface area contributed by atoms with Gasteiger partial charge < -0.3 is 5.32 Å². The van der Waals surface area contributed by atoms with Crippen LogP contribution in [-0.2, 0) is 4.84 Å². The van der Waals surface area contributed by atoms with E-state index in [-0.39, 0.29) is 5.91 Å². The molecule has 0 spiro atoms. The Balaban J connectivity index is 1.70. The molecular weight excluding hydrogens is 354 g/mol. The van der Waals surface area contributed by atoms with Crippen LogP contribution in [0, 0.1) is 6.92 Å². The van der Waals surface area contributed by atoms with Gasteiger partial charge in [-0.15, -0.1) is 0 Å². The highest BCUT2D eigenvalue weighted by Gasteiger charge is 2.11. The number of anilines is 2. The van der Waals surface area contributed by atoms with E-state index in [4.69, 9.17) is 4.98 Å². The zero-order valence-electron chi connectivity index (χ0n) is 15.5. The van der Waals surface area contributed by atoms with Crippen LogP contribution in [0.15, 0.2) is 66.7 Å². The summed E-state index contributed by atoms with van der Waals surface area (Å²) in [6.07, 6.45) is 0. The number of rotatable bonds is 5. The molecule has 0 aliphatic heterocycles. The quantitative estimate of drug-likeness (QED) is 0.521. The fraction of sp³-hybridized carbons (Fsp3) is 0.0952. The van der Waals surface area contributed by atoms with Crippen molar-refractivity contribution < 1.29 is 9.63 Å². The first kappa shape index (κ1) is 17.7. The highest BCUT2D eigenvalue weighted by molar-refractivity contribution is 5.93. The molecule has 4 rings (SSSR count). The SMILES string of the molecule is CONC(=O)c1ccc(Nc2cc(-c3ccccc3)nc3cc(C)nn23)cc1. The van der Waals surface area contributed by atoms with E-state index < -0.39 is 0 Å². The summed E-state index contributed by atoms with van der Waals surface area (Å²) in [7, 11) is 1.40. The normalized spacial score (nSPS) is 10.8. The molecule has 0 aliphatic carbocycles. The van der Waals surface area contributed by atoms with Crippen LogP contribution >= 0.6 is 0 Å². The van der Waals surface area contributed by atoms with Crippen molar-refractivity contribution in [3.8, 4) is 11.3 Å². The van der Waals surface area contributed by atoms with E-state index >= 15 is 0 Å². The average Bonchev–Trinajstić information content (AvgIpc) is 3.10. The molecule has 2 N–H and O–H groups in total. The van der Waals surface area contributed by atoms with Crippen LogP contribution in [-0.4, -0.2) is 27.6 Å². The van der Waals surface area contributed by atoms with E-state index in [1.807, 2.05) is 61.5 Å². The second-order valence-corrected chi connectivity index (χ2v) is 6.29. The number of aryl methyl sites for hydroxylation is 1. The summed E-state index contributed by atoms with van der Waals surface area (Å²) in [6, 6.07) is 21.0. The number of hydrogen-bond acceptors (Lipinski definition) is 5. The van der Waals surface area contributed by atoms with Crippen LogP contribution in [0.2, 0.25) is 0 Å². The molecule has 4 aromatic rings. The number of carbonyl (C=O) groups excluding carboxylic acids is 1. The van der Waals surface area contributed by atoms with Gasteiger partial charge in [0.05, 0.1) is 18.5 Å². The average molecular weight is 373 g/mol. The molecule has 0 saturated carbocycles. The van der Waals surface area contributed by atoms with Crippen LogP contribution in [0.1, 0.15) is 16.1 Å². The first-order chi connectivity index (χ1) is 13.6. The Morgan fingerprint density at radius 1 is 1.04 bits per heavy atom. The molecule has 0 saturated heterocycles. The van der Waals surface area contributed by atoms with Gasteiger partial charge in [0, 0.05) is 28.9 Å². The van der Waals surface area contributed by atoms with Crippen LogP contribution in [0.5, 0.6) is 0 Å². The van der Waals surface area contributed by atoms with Gasteiger partial charge in [0.25, 0.3) is 5.91 Å². The maximum Gasteiger partial charge on any atom is 0.274 e. The van der Waals surface area contributed by atoms with Gasteiger partial charge in [0.1, 0.15) is 5.82 Å². The second kappa shape index (κ2) is 7.50. The highest BCUT2D eigenvalue weighted by atomic mass is 16.6. The van der Waals surface area contributed by atoms with Crippen molar-refractivity contribution in [1.82, 2.24) is 20.1 Å². The molecule has 0 fully saturated rings. The molecule has 2 aromatic heterocycles. The van der Waals surface area contributed by atoms with Gasteiger partial charge in [-0.3, -0.25) is 9.63 Å². The van der Waals surface area contributed by atoms with Crippen molar-refractivity contribution >= 4 is 23.1 Å². The Bertz CT molecular complexity index is 1120. The number of amides is 1. The van der Waals surface area contributed by atoms with Crippen molar-refractivity contribution in [2.75, 3.05) is 12.4 Å². The number of aromatic nitrogens is 3. The molecule has 2 heterocycles. The largest absolute Gasteiger partial charge is 0.340 e. The Kier molecular flexibility index (Phi) is 4.74. The minimum Gasteiger partial charge on any atom is -0.340 e. The fourth-order valence-corrected chi connectivity index (χ4v) is 2.94. The standard InChI is InChI=1S/C21H19N5O2/c1-14-12-19-23-18(15-6-4-3-5-7-15)13-20(26(19)24-14)22-17-10-8-16(9-11-17)21(27)25-28-2/h3-13,22H,1-2H3,(H,25,27). The molecule has 140 valence electrons. The van der Waals surface area contributed by atoms with Crippen LogP contribution in [0.4, 0.5) is 11.5 Å². The minimum atomic E-state index is -0.297. The number of hydrogen-bond donors (Lipinski definition) is 2. The zero-order valence-corrected chi connectivity index (χ0v) is 15.5. The second-order valence-electron chi connectivity index (χ2n) is 6.29. The van der Waals surface area contributed by atoms with Crippen molar-refractivity contribution in [1.29, 1.82) is 0 Å². The van der Waals surface area contributed by atoms with E-state index in [9.17, 15) is 4.79 Å². The van der Waals surface area contributed by atoms with E-state index in [1.54, 1.807) is 16.6 Å². The van der Waals surface area contributed by atoms with Crippen LogP contribution in [0.25, 0.3) is 16.9 Å². The third kappa shape index (κ3) is 3.56. The lowest BCUT2D eigenvalue weighted by Gasteiger charge is -2.11. The van der Waals surface area contributed by atoms with Crippen molar-refractivity contribution in [2.24, 2.45) is 0 Å². The molecule has 0 aliphatic rings. The zero-order chi connectivity index (χ0) is 19.5. The lowest BCUT2D eigenvalue weighted by molar-refractivity contribution is 0.0537. The van der Waals surface area contributed by atoms with E-state index in [1.165, 1.54) is 7.11 Å². The van der Waals surface area contributed by atoms with Gasteiger partial charge in [0.2, 0.25) is 0 Å². The van der Waals surface area contributed by atoms with Gasteiger partial charge in [-0.25, -0.2) is 10.5 Å². The van der Waals surface area contributed by atoms with Crippen molar-refractivity contribution in [3.05, 3.63) is 78.0 Å². The van der Waals surface area contributed by atoms with E-state index in [0.717, 1.165) is 34.1 Å². The van der Waals surface area contributed by atoms with E-state index in [0.29, 0.717) is 5.56 Å². The fourth-order valence-electron chi connectivity index (χ4n) is 2.94. The molecule has 0 bridgehead atoms.